The average Bonchev–Trinajstić information content (AvgIpc) is 3.22. The van der Waals surface area contributed by atoms with Crippen molar-refractivity contribution >= 4 is 17.4 Å². The fraction of sp³-hybridized carbons (Fsp3) is 0.611. The number of hydrogen-bond donors (Lipinski definition) is 0. The van der Waals surface area contributed by atoms with E-state index in [1.54, 1.807) is 17.9 Å². The van der Waals surface area contributed by atoms with E-state index in [1.165, 1.54) is 43.6 Å². The minimum atomic E-state index is 0.684. The zero-order valence-electron chi connectivity index (χ0n) is 13.8. The predicted molar refractivity (Wildman–Crippen MR) is 95.2 cm³/mol. The van der Waals surface area contributed by atoms with Gasteiger partial charge >= 0.3 is 0 Å². The van der Waals surface area contributed by atoms with Crippen LogP contribution < -0.4 is 4.90 Å². The van der Waals surface area contributed by atoms with Crippen LogP contribution in [0.1, 0.15) is 36.4 Å². The van der Waals surface area contributed by atoms with Crippen LogP contribution in [0.4, 0.5) is 5.82 Å². The van der Waals surface area contributed by atoms with Crippen LogP contribution in [-0.2, 0) is 6.54 Å². The van der Waals surface area contributed by atoms with Crippen LogP contribution in [0.5, 0.6) is 0 Å². The summed E-state index contributed by atoms with van der Waals surface area (Å²) in [4.78, 5) is 14.2. The van der Waals surface area contributed by atoms with Gasteiger partial charge in [0.05, 0.1) is 0 Å². The van der Waals surface area contributed by atoms with Crippen molar-refractivity contribution in [3.05, 3.63) is 35.2 Å². The molecule has 2 saturated heterocycles. The Bertz CT molecular complexity index is 685. The Morgan fingerprint density at radius 2 is 1.92 bits per heavy atom. The van der Waals surface area contributed by atoms with E-state index in [1.807, 2.05) is 6.20 Å². The normalized spacial score (nSPS) is 27.4. The van der Waals surface area contributed by atoms with Crippen LogP contribution in [0.2, 0.25) is 0 Å². The molecular weight excluding hydrogens is 318 g/mol. The number of rotatable bonds is 4. The molecule has 2 unspecified atom stereocenters. The molecule has 0 radical (unpaired) electrons. The third kappa shape index (κ3) is 2.71. The maximum absolute atomic E-state index is 4.56. The van der Waals surface area contributed by atoms with Gasteiger partial charge in [0.1, 0.15) is 12.1 Å². The van der Waals surface area contributed by atoms with Crippen LogP contribution in [0.3, 0.4) is 0 Å². The molecule has 2 aromatic rings. The van der Waals surface area contributed by atoms with E-state index < -0.39 is 0 Å². The van der Waals surface area contributed by atoms with Crippen molar-refractivity contribution in [3.8, 4) is 0 Å². The van der Waals surface area contributed by atoms with E-state index in [2.05, 4.69) is 35.6 Å². The first-order valence-electron chi connectivity index (χ1n) is 9.02. The highest BCUT2D eigenvalue weighted by Gasteiger charge is 2.40. The highest BCUT2D eigenvalue weighted by Crippen LogP contribution is 2.38. The molecule has 0 amide bonds. The fourth-order valence-electron chi connectivity index (χ4n) is 4.43. The number of hydrogen-bond acceptors (Lipinski definition) is 6. The number of fused-ring (bicyclic) bond motifs is 1. The Morgan fingerprint density at radius 3 is 2.58 bits per heavy atom. The lowest BCUT2D eigenvalue weighted by atomic mass is 9.83. The Morgan fingerprint density at radius 1 is 1.08 bits per heavy atom. The fourth-order valence-corrected chi connectivity index (χ4v) is 4.96. The molecule has 0 aromatic carbocycles. The van der Waals surface area contributed by atoms with Gasteiger partial charge in [0.15, 0.2) is 0 Å². The molecule has 5 rings (SSSR count). The van der Waals surface area contributed by atoms with Crippen molar-refractivity contribution in [2.45, 2.75) is 31.7 Å². The van der Waals surface area contributed by atoms with Crippen molar-refractivity contribution in [1.82, 2.24) is 19.2 Å². The summed E-state index contributed by atoms with van der Waals surface area (Å²) >= 11 is 1.55. The second-order valence-corrected chi connectivity index (χ2v) is 8.24. The van der Waals surface area contributed by atoms with Gasteiger partial charge in [-0.1, -0.05) is 6.42 Å². The van der Waals surface area contributed by atoms with E-state index in [0.717, 1.165) is 37.3 Å². The molecule has 1 saturated carbocycles. The minimum Gasteiger partial charge on any atom is -0.356 e. The largest absolute Gasteiger partial charge is 0.356 e. The molecule has 3 fully saturated rings. The summed E-state index contributed by atoms with van der Waals surface area (Å²) < 4.78 is 4.21. The van der Waals surface area contributed by atoms with E-state index in [0.29, 0.717) is 5.92 Å². The third-order valence-corrected chi connectivity index (χ3v) is 6.61. The molecule has 2 atom stereocenters. The van der Waals surface area contributed by atoms with Crippen molar-refractivity contribution in [3.63, 3.8) is 0 Å². The molecule has 3 aliphatic rings. The lowest BCUT2D eigenvalue weighted by molar-refractivity contribution is 0.309. The van der Waals surface area contributed by atoms with Gasteiger partial charge in [-0.2, -0.15) is 0 Å². The summed E-state index contributed by atoms with van der Waals surface area (Å²) in [7, 11) is 0. The summed E-state index contributed by atoms with van der Waals surface area (Å²) in [5, 5.41) is 2.17. The molecule has 5 nitrogen and oxygen atoms in total. The predicted octanol–water partition coefficient (Wildman–Crippen LogP) is 2.77. The standard InChI is InChI=1S/C18H23N5S/c1-2-14(3-1)17-4-18(20-12-19-17)23-9-15-7-22(8-16(15)10-23)6-13-5-21-24-11-13/h4-5,11-12,14-16H,1-3,6-10H2. The van der Waals surface area contributed by atoms with Gasteiger partial charge < -0.3 is 4.90 Å². The first kappa shape index (κ1) is 14.8. The quantitative estimate of drug-likeness (QED) is 0.856. The Hall–Kier alpha value is -1.53. The van der Waals surface area contributed by atoms with E-state index in [4.69, 9.17) is 0 Å². The van der Waals surface area contributed by atoms with Crippen LogP contribution in [0.15, 0.2) is 24.0 Å². The molecule has 0 N–H and O–H groups in total. The van der Waals surface area contributed by atoms with Gasteiger partial charge in [-0.05, 0) is 41.8 Å². The smallest absolute Gasteiger partial charge is 0.132 e. The Labute approximate surface area is 146 Å². The highest BCUT2D eigenvalue weighted by molar-refractivity contribution is 7.03. The zero-order valence-corrected chi connectivity index (χ0v) is 14.7. The molecule has 1 aliphatic carbocycles. The second kappa shape index (κ2) is 6.08. The second-order valence-electron chi connectivity index (χ2n) is 7.58. The molecule has 2 aliphatic heterocycles. The van der Waals surface area contributed by atoms with Gasteiger partial charge in [-0.3, -0.25) is 4.90 Å². The van der Waals surface area contributed by atoms with Crippen LogP contribution in [0, 0.1) is 11.8 Å². The maximum atomic E-state index is 4.56. The molecule has 6 heteroatoms. The number of anilines is 1. The lowest BCUT2D eigenvalue weighted by Gasteiger charge is -2.26. The maximum Gasteiger partial charge on any atom is 0.132 e. The molecule has 2 aromatic heterocycles. The first-order valence-corrected chi connectivity index (χ1v) is 9.86. The number of likely N-dealkylation sites (tertiary alicyclic amines) is 1. The van der Waals surface area contributed by atoms with Crippen LogP contribution >= 0.6 is 11.5 Å². The van der Waals surface area contributed by atoms with Gasteiger partial charge in [0, 0.05) is 62.0 Å². The molecule has 0 bridgehead atoms. The van der Waals surface area contributed by atoms with Crippen molar-refractivity contribution in [2.75, 3.05) is 31.1 Å². The Kier molecular flexibility index (Phi) is 3.74. The van der Waals surface area contributed by atoms with E-state index >= 15 is 0 Å². The SMILES string of the molecule is c1nc(C2CCC2)cc(N2CC3CN(Cc4cnsc4)CC3C2)n1. The summed E-state index contributed by atoms with van der Waals surface area (Å²) in [5.74, 6) is 3.39. The number of nitrogens with zero attached hydrogens (tertiary/aromatic N) is 5. The Balaban J connectivity index is 1.23. The van der Waals surface area contributed by atoms with Crippen molar-refractivity contribution in [1.29, 1.82) is 0 Å². The van der Waals surface area contributed by atoms with Crippen LogP contribution in [-0.4, -0.2) is 45.4 Å². The summed E-state index contributed by atoms with van der Waals surface area (Å²) in [6.45, 7) is 5.76. The average molecular weight is 341 g/mol. The summed E-state index contributed by atoms with van der Waals surface area (Å²) in [6, 6.07) is 2.25. The topological polar surface area (TPSA) is 45.2 Å². The van der Waals surface area contributed by atoms with Crippen LogP contribution in [0.25, 0.3) is 0 Å². The van der Waals surface area contributed by atoms with Crippen molar-refractivity contribution in [2.24, 2.45) is 11.8 Å². The van der Waals surface area contributed by atoms with E-state index in [9.17, 15) is 0 Å². The summed E-state index contributed by atoms with van der Waals surface area (Å²) in [6.07, 6.45) is 7.73. The van der Waals surface area contributed by atoms with Gasteiger partial charge in [-0.15, -0.1) is 0 Å². The molecular formula is C18H23N5S. The third-order valence-electron chi connectivity index (χ3n) is 5.97. The first-order chi connectivity index (χ1) is 11.8. The van der Waals surface area contributed by atoms with E-state index in [-0.39, 0.29) is 0 Å². The summed E-state index contributed by atoms with van der Waals surface area (Å²) in [5.41, 5.74) is 2.62. The van der Waals surface area contributed by atoms with Crippen molar-refractivity contribution < 1.29 is 0 Å². The van der Waals surface area contributed by atoms with Gasteiger partial charge in [-0.25, -0.2) is 14.3 Å². The monoisotopic (exact) mass is 341 g/mol. The van der Waals surface area contributed by atoms with Gasteiger partial charge in [0.25, 0.3) is 0 Å². The van der Waals surface area contributed by atoms with Gasteiger partial charge in [0.2, 0.25) is 0 Å². The molecule has 24 heavy (non-hydrogen) atoms. The molecule has 0 spiro atoms. The highest BCUT2D eigenvalue weighted by atomic mass is 32.1. The lowest BCUT2D eigenvalue weighted by Crippen LogP contribution is -2.29. The zero-order chi connectivity index (χ0) is 15.9. The molecule has 126 valence electrons. The minimum absolute atomic E-state index is 0.684. The molecule has 4 heterocycles. The number of aromatic nitrogens is 3.